The molecular weight excluding hydrogens is 422 g/mol. The molecule has 10 heteroatoms. The number of unbranched alkanes of at least 4 members (excludes halogenated alkanes) is 2. The van der Waals surface area contributed by atoms with Gasteiger partial charge >= 0.3 is 11.9 Å². The minimum atomic E-state index is -1.74. The fraction of sp³-hybridized carbons (Fsp3) is 0.524. The predicted octanol–water partition coefficient (Wildman–Crippen LogP) is 2.08. The molecule has 4 unspecified atom stereocenters. The van der Waals surface area contributed by atoms with Gasteiger partial charge in [0, 0.05) is 12.3 Å². The van der Waals surface area contributed by atoms with Gasteiger partial charge < -0.3 is 25.8 Å². The second-order valence-electron chi connectivity index (χ2n) is 7.90. The van der Waals surface area contributed by atoms with Gasteiger partial charge in [-0.3, -0.25) is 15.0 Å². The van der Waals surface area contributed by atoms with E-state index in [-0.39, 0.29) is 17.2 Å². The maximum Gasteiger partial charge on any atom is 0.312 e. The number of rotatable bonds is 9. The highest BCUT2D eigenvalue weighted by Gasteiger charge is 2.55. The molecule has 170 valence electrons. The molecule has 2 rings (SSSR count). The average molecular weight is 452 g/mol. The number of hydrogen-bond acceptors (Lipinski definition) is 6. The summed E-state index contributed by atoms with van der Waals surface area (Å²) in [5, 5.41) is 34.5. The fourth-order valence-electron chi connectivity index (χ4n) is 4.04. The number of carboxylic acid groups (broad SMARTS) is 2. The molecule has 1 saturated carbocycles. The van der Waals surface area contributed by atoms with Crippen LogP contribution in [0, 0.1) is 11.8 Å². The van der Waals surface area contributed by atoms with Crippen molar-refractivity contribution in [3.05, 3.63) is 29.8 Å². The summed E-state index contributed by atoms with van der Waals surface area (Å²) in [6.45, 7) is 4.01. The number of aliphatic carboxylic acids is 2. The van der Waals surface area contributed by atoms with Crippen molar-refractivity contribution in [3.63, 3.8) is 0 Å². The normalized spacial score (nSPS) is 26.9. The van der Waals surface area contributed by atoms with Crippen LogP contribution in [-0.2, 0) is 9.59 Å². The topological polar surface area (TPSA) is 154 Å². The van der Waals surface area contributed by atoms with Crippen molar-refractivity contribution in [3.8, 4) is 5.75 Å². The van der Waals surface area contributed by atoms with Crippen LogP contribution in [0.3, 0.4) is 0 Å². The van der Waals surface area contributed by atoms with E-state index in [1.54, 1.807) is 24.3 Å². The van der Waals surface area contributed by atoms with Crippen molar-refractivity contribution in [1.82, 2.24) is 5.43 Å². The molecule has 4 atom stereocenters. The smallest absolute Gasteiger partial charge is 0.312 e. The molecule has 1 aliphatic rings. The Labute approximate surface area is 186 Å². The fourth-order valence-corrected chi connectivity index (χ4v) is 4.08. The van der Waals surface area contributed by atoms with E-state index in [9.17, 15) is 24.9 Å². The molecule has 0 bridgehead atoms. The Morgan fingerprint density at radius 3 is 2.42 bits per heavy atom. The van der Waals surface area contributed by atoms with Crippen LogP contribution in [0.4, 0.5) is 0 Å². The molecule has 0 aromatic heterocycles. The second kappa shape index (κ2) is 10.5. The van der Waals surface area contributed by atoms with Crippen molar-refractivity contribution in [2.24, 2.45) is 22.7 Å². The molecule has 1 aliphatic carbocycles. The summed E-state index contributed by atoms with van der Waals surface area (Å²) in [4.78, 5) is 24.3. The summed E-state index contributed by atoms with van der Waals surface area (Å²) < 4.78 is 5.68. The summed E-state index contributed by atoms with van der Waals surface area (Å²) in [7, 11) is 0. The first-order valence-corrected chi connectivity index (χ1v) is 10.5. The lowest BCUT2D eigenvalue weighted by molar-refractivity contribution is -0.156. The van der Waals surface area contributed by atoms with Crippen LogP contribution >= 0.6 is 12.2 Å². The number of carbonyl (C=O) groups is 2. The van der Waals surface area contributed by atoms with Gasteiger partial charge in [-0.05, 0) is 43.3 Å². The molecule has 0 saturated heterocycles. The van der Waals surface area contributed by atoms with E-state index >= 15 is 0 Å². The molecule has 9 nitrogen and oxygen atoms in total. The van der Waals surface area contributed by atoms with Crippen molar-refractivity contribution >= 4 is 35.0 Å². The van der Waals surface area contributed by atoms with Gasteiger partial charge in [0.15, 0.2) is 5.11 Å². The molecule has 31 heavy (non-hydrogen) atoms. The number of nitrogens with zero attached hydrogens (tertiary/aromatic N) is 1. The van der Waals surface area contributed by atoms with E-state index in [2.05, 4.69) is 17.5 Å². The van der Waals surface area contributed by atoms with Crippen LogP contribution in [0.15, 0.2) is 29.4 Å². The van der Waals surface area contributed by atoms with Gasteiger partial charge in [0.05, 0.1) is 23.8 Å². The first-order valence-electron chi connectivity index (χ1n) is 10.1. The first kappa shape index (κ1) is 24.5. The molecule has 1 aromatic rings. The average Bonchev–Trinajstić information content (AvgIpc) is 2.68. The molecule has 0 spiro atoms. The Hall–Kier alpha value is -2.72. The third kappa shape index (κ3) is 6.14. The highest BCUT2D eigenvalue weighted by Crippen LogP contribution is 2.46. The summed E-state index contributed by atoms with van der Waals surface area (Å²) >= 11 is 4.72. The van der Waals surface area contributed by atoms with E-state index in [1.165, 1.54) is 6.92 Å². The number of hydrogen-bond donors (Lipinski definition) is 5. The second-order valence-corrected chi connectivity index (χ2v) is 8.34. The Bertz CT molecular complexity index is 840. The zero-order valence-electron chi connectivity index (χ0n) is 17.6. The summed E-state index contributed by atoms with van der Waals surface area (Å²) in [6, 6.07) is 6.61. The first-order chi connectivity index (χ1) is 14.6. The van der Waals surface area contributed by atoms with Gasteiger partial charge in [-0.2, -0.15) is 5.10 Å². The number of nitrogens with two attached hydrogens (primary N) is 1. The summed E-state index contributed by atoms with van der Waals surface area (Å²) in [6.07, 6.45) is 2.79. The number of aliphatic hydroxyl groups is 1. The molecular formula is C21H29N3O6S. The molecule has 1 fully saturated rings. The van der Waals surface area contributed by atoms with E-state index in [0.29, 0.717) is 17.9 Å². The minimum Gasteiger partial charge on any atom is -0.494 e. The van der Waals surface area contributed by atoms with Crippen molar-refractivity contribution < 1.29 is 29.6 Å². The predicted molar refractivity (Wildman–Crippen MR) is 119 cm³/mol. The monoisotopic (exact) mass is 451 g/mol. The van der Waals surface area contributed by atoms with Gasteiger partial charge in [-0.15, -0.1) is 0 Å². The number of ether oxygens (including phenoxy) is 1. The van der Waals surface area contributed by atoms with Crippen LogP contribution in [0.2, 0.25) is 0 Å². The van der Waals surface area contributed by atoms with Crippen molar-refractivity contribution in [2.45, 2.75) is 51.0 Å². The van der Waals surface area contributed by atoms with E-state index in [1.807, 2.05) is 0 Å². The minimum absolute atomic E-state index is 0.0627. The van der Waals surface area contributed by atoms with Crippen molar-refractivity contribution in [2.75, 3.05) is 6.61 Å². The lowest BCUT2D eigenvalue weighted by atomic mass is 9.61. The van der Waals surface area contributed by atoms with Crippen molar-refractivity contribution in [1.29, 1.82) is 0 Å². The molecule has 6 N–H and O–H groups in total. The van der Waals surface area contributed by atoms with Gasteiger partial charge in [0.2, 0.25) is 0 Å². The zero-order valence-corrected chi connectivity index (χ0v) is 18.4. The standard InChI is InChI=1S/C21H29N3O6S/c1-3-4-5-10-30-13-8-6-12(7-9-13)15-16(18(25)26)14(23-24-20(22)31)11-21(2,29)17(15)19(27)28/h6-9,15-17,29H,3-5,10-11H2,1-2H3,(H,25,26)(H,27,28)(H3,22,24,31). The quantitative estimate of drug-likeness (QED) is 0.216. The highest BCUT2D eigenvalue weighted by molar-refractivity contribution is 7.80. The number of nitrogens with one attached hydrogen (secondary N) is 1. The molecule has 0 radical (unpaired) electrons. The molecule has 0 aliphatic heterocycles. The number of hydrazone groups is 1. The highest BCUT2D eigenvalue weighted by atomic mass is 32.1. The Balaban J connectivity index is 2.44. The third-order valence-corrected chi connectivity index (χ3v) is 5.50. The molecule has 0 amide bonds. The van der Waals surface area contributed by atoms with Crippen LogP contribution in [0.25, 0.3) is 0 Å². The maximum absolute atomic E-state index is 12.2. The van der Waals surface area contributed by atoms with E-state index in [4.69, 9.17) is 22.7 Å². The Morgan fingerprint density at radius 2 is 1.90 bits per heavy atom. The molecule has 0 heterocycles. The SMILES string of the molecule is CCCCCOc1ccc(C2C(C(=O)O)C(=NNC(N)=S)CC(C)(O)C2C(=O)O)cc1. The van der Waals surface area contributed by atoms with Gasteiger partial charge in [-0.1, -0.05) is 31.9 Å². The Kier molecular flexibility index (Phi) is 8.35. The van der Waals surface area contributed by atoms with Gasteiger partial charge in [0.25, 0.3) is 0 Å². The van der Waals surface area contributed by atoms with Gasteiger partial charge in [0.1, 0.15) is 11.7 Å². The largest absolute Gasteiger partial charge is 0.494 e. The third-order valence-electron chi connectivity index (χ3n) is 5.41. The van der Waals surface area contributed by atoms with Gasteiger partial charge in [-0.25, -0.2) is 0 Å². The summed E-state index contributed by atoms with van der Waals surface area (Å²) in [5.41, 5.74) is 6.51. The lowest BCUT2D eigenvalue weighted by Crippen LogP contribution is -2.55. The van der Waals surface area contributed by atoms with E-state index < -0.39 is 35.3 Å². The van der Waals surface area contributed by atoms with Crippen LogP contribution < -0.4 is 15.9 Å². The maximum atomic E-state index is 12.2. The number of thiocarbonyl (C=S) groups is 1. The van der Waals surface area contributed by atoms with Crippen LogP contribution in [0.5, 0.6) is 5.75 Å². The number of carboxylic acids is 2. The Morgan fingerprint density at radius 1 is 1.26 bits per heavy atom. The molecule has 1 aromatic carbocycles. The summed E-state index contributed by atoms with van der Waals surface area (Å²) in [5.74, 6) is -5.67. The zero-order chi connectivity index (χ0) is 23.2. The lowest BCUT2D eigenvalue weighted by Gasteiger charge is -2.44. The van der Waals surface area contributed by atoms with E-state index in [0.717, 1.165) is 19.3 Å². The number of benzene rings is 1. The van der Waals surface area contributed by atoms with Crippen LogP contribution in [-0.4, -0.2) is 50.3 Å². The van der Waals surface area contributed by atoms with Crippen LogP contribution in [0.1, 0.15) is 51.0 Å².